The van der Waals surface area contributed by atoms with E-state index < -0.39 is 0 Å². The van der Waals surface area contributed by atoms with Gasteiger partial charge in [0, 0.05) is 11.8 Å². The third kappa shape index (κ3) is 2.19. The molecule has 16 heavy (non-hydrogen) atoms. The van der Waals surface area contributed by atoms with E-state index >= 15 is 0 Å². The molecule has 0 radical (unpaired) electrons. The Bertz CT molecular complexity index is 562. The predicted molar refractivity (Wildman–Crippen MR) is 57.4 cm³/mol. The molecular formula is C12H7FN2O. The number of aromatic nitrogens is 1. The van der Waals surface area contributed by atoms with Gasteiger partial charge in [-0.3, -0.25) is 4.98 Å². The van der Waals surface area contributed by atoms with Crippen molar-refractivity contribution in [2.75, 3.05) is 0 Å². The van der Waals surface area contributed by atoms with Crippen molar-refractivity contribution in [2.45, 2.75) is 0 Å². The highest BCUT2D eigenvalue weighted by Crippen LogP contribution is 2.22. The van der Waals surface area contributed by atoms with Crippen LogP contribution in [0.3, 0.4) is 0 Å². The summed E-state index contributed by atoms with van der Waals surface area (Å²) < 4.78 is 13.0. The number of pyridine rings is 1. The van der Waals surface area contributed by atoms with Crippen LogP contribution in [0.2, 0.25) is 0 Å². The Morgan fingerprint density at radius 1 is 1.19 bits per heavy atom. The first-order valence-corrected chi connectivity index (χ1v) is 4.58. The molecule has 0 aliphatic rings. The lowest BCUT2D eigenvalue weighted by Gasteiger charge is -2.01. The number of isocyanates is 1. The molecule has 0 bridgehead atoms. The SMILES string of the molecule is O=C=Nc1cncc(-c2cccc(F)c2)c1. The Hall–Kier alpha value is -2.32. The molecule has 0 saturated heterocycles. The van der Waals surface area contributed by atoms with Gasteiger partial charge in [0.15, 0.2) is 0 Å². The highest BCUT2D eigenvalue weighted by Gasteiger charge is 2.00. The van der Waals surface area contributed by atoms with Crippen molar-refractivity contribution in [2.24, 2.45) is 4.99 Å². The minimum atomic E-state index is -0.318. The molecule has 0 aliphatic heterocycles. The number of hydrogen-bond acceptors (Lipinski definition) is 3. The molecule has 1 aromatic heterocycles. The number of rotatable bonds is 2. The largest absolute Gasteiger partial charge is 0.262 e. The Morgan fingerprint density at radius 2 is 2.06 bits per heavy atom. The topological polar surface area (TPSA) is 42.3 Å². The third-order valence-corrected chi connectivity index (χ3v) is 2.06. The van der Waals surface area contributed by atoms with Gasteiger partial charge in [0.1, 0.15) is 5.82 Å². The van der Waals surface area contributed by atoms with Gasteiger partial charge in [-0.05, 0) is 23.8 Å². The molecule has 3 nitrogen and oxygen atoms in total. The zero-order valence-corrected chi connectivity index (χ0v) is 8.22. The van der Waals surface area contributed by atoms with Crippen LogP contribution in [-0.4, -0.2) is 11.1 Å². The lowest BCUT2D eigenvalue weighted by molar-refractivity contribution is 0.565. The summed E-state index contributed by atoms with van der Waals surface area (Å²) in [5.74, 6) is -0.318. The van der Waals surface area contributed by atoms with Crippen molar-refractivity contribution in [1.82, 2.24) is 4.98 Å². The van der Waals surface area contributed by atoms with Crippen LogP contribution in [0.25, 0.3) is 11.1 Å². The van der Waals surface area contributed by atoms with Gasteiger partial charge in [-0.15, -0.1) is 0 Å². The Kier molecular flexibility index (Phi) is 2.85. The maximum atomic E-state index is 13.0. The Morgan fingerprint density at radius 3 is 2.81 bits per heavy atom. The summed E-state index contributed by atoms with van der Waals surface area (Å²) in [5, 5.41) is 0. The molecule has 2 rings (SSSR count). The van der Waals surface area contributed by atoms with Crippen molar-refractivity contribution in [1.29, 1.82) is 0 Å². The summed E-state index contributed by atoms with van der Waals surface area (Å²) in [7, 11) is 0. The highest BCUT2D eigenvalue weighted by atomic mass is 19.1. The molecular weight excluding hydrogens is 207 g/mol. The minimum Gasteiger partial charge on any atom is -0.262 e. The van der Waals surface area contributed by atoms with E-state index in [4.69, 9.17) is 0 Å². The quantitative estimate of drug-likeness (QED) is 0.569. The second kappa shape index (κ2) is 4.47. The first-order chi connectivity index (χ1) is 7.79. The van der Waals surface area contributed by atoms with E-state index in [-0.39, 0.29) is 5.82 Å². The fourth-order valence-corrected chi connectivity index (χ4v) is 1.37. The maximum Gasteiger partial charge on any atom is 0.240 e. The molecule has 4 heteroatoms. The van der Waals surface area contributed by atoms with Crippen molar-refractivity contribution >= 4 is 11.8 Å². The first-order valence-electron chi connectivity index (χ1n) is 4.58. The summed E-state index contributed by atoms with van der Waals surface area (Å²) >= 11 is 0. The fourth-order valence-electron chi connectivity index (χ4n) is 1.37. The van der Waals surface area contributed by atoms with Crippen LogP contribution >= 0.6 is 0 Å². The molecule has 0 saturated carbocycles. The molecule has 0 fully saturated rings. The van der Waals surface area contributed by atoms with Gasteiger partial charge in [0.25, 0.3) is 0 Å². The second-order valence-electron chi connectivity index (χ2n) is 3.15. The zero-order chi connectivity index (χ0) is 11.4. The zero-order valence-electron chi connectivity index (χ0n) is 8.22. The Balaban J connectivity index is 2.48. The summed E-state index contributed by atoms with van der Waals surface area (Å²) in [5.41, 5.74) is 1.79. The summed E-state index contributed by atoms with van der Waals surface area (Å²) in [6, 6.07) is 7.78. The van der Waals surface area contributed by atoms with Crippen LogP contribution < -0.4 is 0 Å². The molecule has 1 aromatic carbocycles. The van der Waals surface area contributed by atoms with Crippen LogP contribution in [0.5, 0.6) is 0 Å². The van der Waals surface area contributed by atoms with Crippen molar-refractivity contribution < 1.29 is 9.18 Å². The second-order valence-corrected chi connectivity index (χ2v) is 3.15. The van der Waals surface area contributed by atoms with E-state index in [1.807, 2.05) is 0 Å². The summed E-state index contributed by atoms with van der Waals surface area (Å²) in [6.07, 6.45) is 4.46. The van der Waals surface area contributed by atoms with Crippen LogP contribution in [0.4, 0.5) is 10.1 Å². The molecule has 0 aliphatic carbocycles. The number of hydrogen-bond donors (Lipinski definition) is 0. The van der Waals surface area contributed by atoms with Gasteiger partial charge < -0.3 is 0 Å². The van der Waals surface area contributed by atoms with Crippen LogP contribution in [0.15, 0.2) is 47.7 Å². The maximum absolute atomic E-state index is 13.0. The number of aliphatic imine (C=N–C) groups is 1. The molecule has 1 heterocycles. The lowest BCUT2D eigenvalue weighted by Crippen LogP contribution is -1.81. The number of halogens is 1. The standard InChI is InChI=1S/C12H7FN2O/c13-11-3-1-2-9(4-11)10-5-12(15-8-16)7-14-6-10/h1-7H. The monoisotopic (exact) mass is 214 g/mol. The average Bonchev–Trinajstić information content (AvgIpc) is 2.30. The molecule has 0 unspecified atom stereocenters. The number of nitrogens with zero attached hydrogens (tertiary/aromatic N) is 2. The minimum absolute atomic E-state index is 0.318. The fraction of sp³-hybridized carbons (Fsp3) is 0. The van der Waals surface area contributed by atoms with E-state index in [1.54, 1.807) is 24.4 Å². The van der Waals surface area contributed by atoms with Crippen LogP contribution in [0, 0.1) is 5.82 Å². The first kappa shape index (κ1) is 10.2. The lowest BCUT2D eigenvalue weighted by atomic mass is 10.1. The third-order valence-electron chi connectivity index (χ3n) is 2.06. The van der Waals surface area contributed by atoms with Gasteiger partial charge in [0.05, 0.1) is 11.9 Å². The summed E-state index contributed by atoms with van der Waals surface area (Å²) in [4.78, 5) is 17.5. The number of carbonyl (C=O) groups excluding carboxylic acids is 1. The normalized spacial score (nSPS) is 9.56. The van der Waals surface area contributed by atoms with E-state index in [2.05, 4.69) is 9.98 Å². The van der Waals surface area contributed by atoms with Gasteiger partial charge in [-0.1, -0.05) is 12.1 Å². The van der Waals surface area contributed by atoms with E-state index in [9.17, 15) is 9.18 Å². The van der Waals surface area contributed by atoms with Gasteiger partial charge in [-0.25, -0.2) is 9.18 Å². The van der Waals surface area contributed by atoms with Crippen molar-refractivity contribution in [3.05, 3.63) is 48.5 Å². The van der Waals surface area contributed by atoms with Gasteiger partial charge >= 0.3 is 0 Å². The van der Waals surface area contributed by atoms with Crippen molar-refractivity contribution in [3.63, 3.8) is 0 Å². The smallest absolute Gasteiger partial charge is 0.240 e. The molecule has 0 atom stereocenters. The van der Waals surface area contributed by atoms with E-state index in [0.29, 0.717) is 16.8 Å². The molecule has 0 N–H and O–H groups in total. The van der Waals surface area contributed by atoms with Crippen LogP contribution in [-0.2, 0) is 4.79 Å². The average molecular weight is 214 g/mol. The molecule has 78 valence electrons. The van der Waals surface area contributed by atoms with E-state index in [1.165, 1.54) is 24.4 Å². The van der Waals surface area contributed by atoms with Gasteiger partial charge in [-0.2, -0.15) is 4.99 Å². The highest BCUT2D eigenvalue weighted by molar-refractivity contribution is 5.66. The molecule has 2 aromatic rings. The predicted octanol–water partition coefficient (Wildman–Crippen LogP) is 2.86. The van der Waals surface area contributed by atoms with Crippen molar-refractivity contribution in [3.8, 4) is 11.1 Å². The number of benzene rings is 1. The van der Waals surface area contributed by atoms with E-state index in [0.717, 1.165) is 0 Å². The molecule has 0 amide bonds. The van der Waals surface area contributed by atoms with Crippen LogP contribution in [0.1, 0.15) is 0 Å². The Labute approximate surface area is 91.3 Å². The summed E-state index contributed by atoms with van der Waals surface area (Å²) in [6.45, 7) is 0. The molecule has 0 spiro atoms. The van der Waals surface area contributed by atoms with Gasteiger partial charge in [0.2, 0.25) is 6.08 Å².